The van der Waals surface area contributed by atoms with Gasteiger partial charge in [0.2, 0.25) is 0 Å². The van der Waals surface area contributed by atoms with Crippen LogP contribution in [0.5, 0.6) is 11.5 Å². The van der Waals surface area contributed by atoms with E-state index in [1.165, 1.54) is 0 Å². The first kappa shape index (κ1) is 23.7. The minimum absolute atomic E-state index is 0. The molecule has 3 N–H and O–H groups in total. The van der Waals surface area contributed by atoms with Gasteiger partial charge in [-0.25, -0.2) is 0 Å². The summed E-state index contributed by atoms with van der Waals surface area (Å²) in [5, 5.41) is 16.7. The molecule has 0 aliphatic rings. The molecule has 1 atom stereocenters. The molecular formula is C17H30IN3O4. The molecule has 1 aromatic rings. The van der Waals surface area contributed by atoms with Crippen molar-refractivity contribution in [1.29, 1.82) is 0 Å². The molecule has 1 aromatic carbocycles. The summed E-state index contributed by atoms with van der Waals surface area (Å²) in [6, 6.07) is 5.32. The van der Waals surface area contributed by atoms with Crippen LogP contribution in [0.4, 0.5) is 0 Å². The van der Waals surface area contributed by atoms with Gasteiger partial charge in [-0.1, -0.05) is 0 Å². The van der Waals surface area contributed by atoms with Gasteiger partial charge in [-0.3, -0.25) is 4.99 Å². The van der Waals surface area contributed by atoms with Crippen molar-refractivity contribution >= 4 is 29.9 Å². The Hall–Kier alpha value is -1.26. The van der Waals surface area contributed by atoms with Gasteiger partial charge in [-0.2, -0.15) is 0 Å². The van der Waals surface area contributed by atoms with Crippen LogP contribution in [-0.2, 0) is 4.74 Å². The van der Waals surface area contributed by atoms with Gasteiger partial charge in [0.15, 0.2) is 5.96 Å². The first-order valence-corrected chi connectivity index (χ1v) is 8.06. The predicted molar refractivity (Wildman–Crippen MR) is 110 cm³/mol. The third-order valence-corrected chi connectivity index (χ3v) is 3.34. The lowest BCUT2D eigenvalue weighted by molar-refractivity contribution is 0.186. The molecule has 0 amide bonds. The molecule has 0 bridgehead atoms. The lowest BCUT2D eigenvalue weighted by Gasteiger charge is -2.14. The van der Waals surface area contributed by atoms with E-state index < -0.39 is 6.10 Å². The quantitative estimate of drug-likeness (QED) is 0.211. The maximum absolute atomic E-state index is 10.4. The number of aliphatic hydroxyl groups excluding tert-OH is 1. The molecule has 0 aliphatic carbocycles. The fourth-order valence-corrected chi connectivity index (χ4v) is 2.07. The highest BCUT2D eigenvalue weighted by molar-refractivity contribution is 14.0. The van der Waals surface area contributed by atoms with E-state index in [-0.39, 0.29) is 30.5 Å². The van der Waals surface area contributed by atoms with Gasteiger partial charge in [-0.05, 0) is 31.0 Å². The summed E-state index contributed by atoms with van der Waals surface area (Å²) in [4.78, 5) is 4.42. The number of rotatable bonds is 10. The van der Waals surface area contributed by atoms with Crippen LogP contribution >= 0.6 is 24.0 Å². The Kier molecular flexibility index (Phi) is 13.3. The zero-order chi connectivity index (χ0) is 17.8. The van der Waals surface area contributed by atoms with E-state index in [1.807, 2.05) is 6.92 Å². The number of halogens is 1. The summed E-state index contributed by atoms with van der Waals surface area (Å²) in [5.74, 6) is 1.94. The smallest absolute Gasteiger partial charge is 0.191 e. The lowest BCUT2D eigenvalue weighted by atomic mass is 10.1. The van der Waals surface area contributed by atoms with Crippen LogP contribution in [0.2, 0.25) is 0 Å². The maximum atomic E-state index is 10.4. The number of nitrogens with one attached hydrogen (secondary N) is 2. The normalized spacial score (nSPS) is 12.1. The van der Waals surface area contributed by atoms with Crippen molar-refractivity contribution in [2.75, 3.05) is 47.6 Å². The monoisotopic (exact) mass is 467 g/mol. The highest BCUT2D eigenvalue weighted by Gasteiger charge is 2.11. The van der Waals surface area contributed by atoms with Crippen molar-refractivity contribution in [3.63, 3.8) is 0 Å². The van der Waals surface area contributed by atoms with Gasteiger partial charge >= 0.3 is 0 Å². The lowest BCUT2D eigenvalue weighted by Crippen LogP contribution is -2.38. The van der Waals surface area contributed by atoms with Gasteiger partial charge in [0.25, 0.3) is 0 Å². The molecule has 0 radical (unpaired) electrons. The number of guanidine groups is 1. The molecule has 1 rings (SSSR count). The summed E-state index contributed by atoms with van der Waals surface area (Å²) in [6.45, 7) is 4.42. The topological polar surface area (TPSA) is 84.3 Å². The Labute approximate surface area is 167 Å². The van der Waals surface area contributed by atoms with Crippen molar-refractivity contribution in [3.8, 4) is 11.5 Å². The molecule has 0 saturated heterocycles. The van der Waals surface area contributed by atoms with E-state index in [4.69, 9.17) is 14.2 Å². The van der Waals surface area contributed by atoms with E-state index in [2.05, 4.69) is 15.6 Å². The van der Waals surface area contributed by atoms with Crippen molar-refractivity contribution in [2.45, 2.75) is 19.4 Å². The highest BCUT2D eigenvalue weighted by atomic mass is 127. The Bertz CT molecular complexity index is 492. The minimum Gasteiger partial charge on any atom is -0.497 e. The Balaban J connectivity index is 0.00000576. The first-order chi connectivity index (χ1) is 11.6. The Morgan fingerprint density at radius 2 is 1.76 bits per heavy atom. The average Bonchev–Trinajstić information content (AvgIpc) is 2.62. The van der Waals surface area contributed by atoms with Gasteiger partial charge in [-0.15, -0.1) is 24.0 Å². The fraction of sp³-hybridized carbons (Fsp3) is 0.588. The van der Waals surface area contributed by atoms with Crippen LogP contribution in [0.1, 0.15) is 25.0 Å². The molecule has 144 valence electrons. The number of aliphatic imine (C=N–C) groups is 1. The SMILES string of the molecule is CCNC(=NCC(O)c1cc(OC)cc(OC)c1)NCCCOC.I. The molecule has 0 aromatic heterocycles. The molecule has 0 heterocycles. The number of nitrogens with zero attached hydrogens (tertiary/aromatic N) is 1. The third-order valence-electron chi connectivity index (χ3n) is 3.34. The Morgan fingerprint density at radius 1 is 1.12 bits per heavy atom. The first-order valence-electron chi connectivity index (χ1n) is 8.06. The van der Waals surface area contributed by atoms with E-state index in [0.717, 1.165) is 19.5 Å². The van der Waals surface area contributed by atoms with Gasteiger partial charge in [0.1, 0.15) is 11.5 Å². The van der Waals surface area contributed by atoms with E-state index in [9.17, 15) is 5.11 Å². The summed E-state index contributed by atoms with van der Waals surface area (Å²) < 4.78 is 15.5. The van der Waals surface area contributed by atoms with Crippen molar-refractivity contribution < 1.29 is 19.3 Å². The second-order valence-corrected chi connectivity index (χ2v) is 5.15. The van der Waals surface area contributed by atoms with Crippen LogP contribution in [0.15, 0.2) is 23.2 Å². The highest BCUT2D eigenvalue weighted by Crippen LogP contribution is 2.26. The second kappa shape index (κ2) is 14.0. The van der Waals surface area contributed by atoms with Crippen LogP contribution in [0.25, 0.3) is 0 Å². The fourth-order valence-electron chi connectivity index (χ4n) is 2.07. The number of methoxy groups -OCH3 is 3. The minimum atomic E-state index is -0.747. The third kappa shape index (κ3) is 9.13. The predicted octanol–water partition coefficient (Wildman–Crippen LogP) is 1.95. The number of aliphatic hydroxyl groups is 1. The van der Waals surface area contributed by atoms with Gasteiger partial charge in [0.05, 0.1) is 26.9 Å². The number of ether oxygens (including phenoxy) is 3. The number of hydrogen-bond acceptors (Lipinski definition) is 5. The van der Waals surface area contributed by atoms with Crippen molar-refractivity contribution in [1.82, 2.24) is 10.6 Å². The zero-order valence-corrected chi connectivity index (χ0v) is 17.7. The molecule has 7 nitrogen and oxygen atoms in total. The summed E-state index contributed by atoms with van der Waals surface area (Å²) in [7, 11) is 4.84. The largest absolute Gasteiger partial charge is 0.497 e. The molecular weight excluding hydrogens is 437 g/mol. The molecule has 0 spiro atoms. The second-order valence-electron chi connectivity index (χ2n) is 5.15. The molecule has 1 unspecified atom stereocenters. The van der Waals surface area contributed by atoms with E-state index >= 15 is 0 Å². The van der Waals surface area contributed by atoms with Crippen molar-refractivity contribution in [3.05, 3.63) is 23.8 Å². The molecule has 8 heteroatoms. The van der Waals surface area contributed by atoms with Crippen LogP contribution in [0.3, 0.4) is 0 Å². The average molecular weight is 467 g/mol. The maximum Gasteiger partial charge on any atom is 0.191 e. The summed E-state index contributed by atoms with van der Waals surface area (Å²) >= 11 is 0. The molecule has 0 aliphatic heterocycles. The van der Waals surface area contributed by atoms with Crippen LogP contribution < -0.4 is 20.1 Å². The molecule has 0 saturated carbocycles. The molecule has 0 fully saturated rings. The summed E-state index contributed by atoms with van der Waals surface area (Å²) in [5.41, 5.74) is 0.699. The number of hydrogen-bond donors (Lipinski definition) is 3. The Morgan fingerprint density at radius 3 is 2.28 bits per heavy atom. The number of benzene rings is 1. The summed E-state index contributed by atoms with van der Waals surface area (Å²) in [6.07, 6.45) is 0.139. The van der Waals surface area contributed by atoms with Crippen LogP contribution in [-0.4, -0.2) is 58.6 Å². The van der Waals surface area contributed by atoms with Gasteiger partial charge in [0, 0.05) is 32.9 Å². The van der Waals surface area contributed by atoms with Crippen molar-refractivity contribution in [2.24, 2.45) is 4.99 Å². The van der Waals surface area contributed by atoms with E-state index in [1.54, 1.807) is 39.5 Å². The van der Waals surface area contributed by atoms with Crippen LogP contribution in [0, 0.1) is 0 Å². The zero-order valence-electron chi connectivity index (χ0n) is 15.4. The standard InChI is InChI=1S/C17H29N3O4.HI/c1-5-18-17(19-7-6-8-22-2)20-12-16(21)13-9-14(23-3)11-15(10-13)24-4;/h9-11,16,21H,5-8,12H2,1-4H3,(H2,18,19,20);1H. The van der Waals surface area contributed by atoms with Gasteiger partial charge < -0.3 is 30.0 Å². The van der Waals surface area contributed by atoms with E-state index in [0.29, 0.717) is 29.6 Å². The molecule has 25 heavy (non-hydrogen) atoms.